The molecule has 1 amide bonds. The van der Waals surface area contributed by atoms with E-state index < -0.39 is 0 Å². The molecule has 1 aromatic carbocycles. The lowest BCUT2D eigenvalue weighted by molar-refractivity contribution is -0.123. The van der Waals surface area contributed by atoms with E-state index in [1.807, 2.05) is 13.8 Å². The number of aromatic nitrogens is 2. The van der Waals surface area contributed by atoms with Crippen LogP contribution >= 0.6 is 0 Å². The summed E-state index contributed by atoms with van der Waals surface area (Å²) in [7, 11) is 1.68. The highest BCUT2D eigenvalue weighted by Crippen LogP contribution is 2.37. The maximum absolute atomic E-state index is 11.8. The fourth-order valence-corrected chi connectivity index (χ4v) is 4.57. The number of H-pyrrole nitrogens is 1. The Morgan fingerprint density at radius 1 is 1.26 bits per heavy atom. The number of hydrogen-bond donors (Lipinski definition) is 2. The van der Waals surface area contributed by atoms with E-state index in [-0.39, 0.29) is 12.0 Å². The number of fused-ring (bicyclic) bond motifs is 1. The zero-order valence-electron chi connectivity index (χ0n) is 19.1. The lowest BCUT2D eigenvalue weighted by Crippen LogP contribution is -2.43. The number of ether oxygens (including phenoxy) is 1. The van der Waals surface area contributed by atoms with Crippen molar-refractivity contribution in [3.63, 3.8) is 0 Å². The SMILES string of the molecule is CNC(=O)CN1CCOC(c2ccc3[nH]c(-c4cc(C)nc(C)c4)c(C(C)C)c3c2)C1. The van der Waals surface area contributed by atoms with Crippen molar-refractivity contribution in [2.45, 2.75) is 39.7 Å². The van der Waals surface area contributed by atoms with E-state index in [9.17, 15) is 4.79 Å². The van der Waals surface area contributed by atoms with Crippen molar-refractivity contribution in [3.05, 3.63) is 52.8 Å². The lowest BCUT2D eigenvalue weighted by atomic mass is 9.94. The van der Waals surface area contributed by atoms with Crippen LogP contribution in [0.2, 0.25) is 0 Å². The number of aromatic amines is 1. The number of benzene rings is 1. The van der Waals surface area contributed by atoms with Crippen LogP contribution in [0.5, 0.6) is 0 Å². The van der Waals surface area contributed by atoms with Gasteiger partial charge in [0.2, 0.25) is 5.91 Å². The Bertz CT molecular complexity index is 1080. The summed E-state index contributed by atoms with van der Waals surface area (Å²) in [5, 5.41) is 3.94. The van der Waals surface area contributed by atoms with Crippen LogP contribution in [-0.2, 0) is 9.53 Å². The number of aryl methyl sites for hydroxylation is 2. The second kappa shape index (κ2) is 8.81. The van der Waals surface area contributed by atoms with Crippen LogP contribution in [0.1, 0.15) is 48.4 Å². The van der Waals surface area contributed by atoms with Gasteiger partial charge in [-0.2, -0.15) is 0 Å². The summed E-state index contributed by atoms with van der Waals surface area (Å²) in [5.74, 6) is 0.404. The van der Waals surface area contributed by atoms with Gasteiger partial charge >= 0.3 is 0 Å². The van der Waals surface area contributed by atoms with Gasteiger partial charge in [-0.1, -0.05) is 19.9 Å². The number of morpholine rings is 1. The van der Waals surface area contributed by atoms with Crippen molar-refractivity contribution in [1.82, 2.24) is 20.2 Å². The molecule has 1 fully saturated rings. The van der Waals surface area contributed by atoms with Gasteiger partial charge in [0.1, 0.15) is 0 Å². The number of nitrogens with one attached hydrogen (secondary N) is 2. The lowest BCUT2D eigenvalue weighted by Gasteiger charge is -2.32. The van der Waals surface area contributed by atoms with Crippen LogP contribution in [0.4, 0.5) is 0 Å². The molecule has 1 atom stereocenters. The van der Waals surface area contributed by atoms with Crippen molar-refractivity contribution >= 4 is 16.8 Å². The van der Waals surface area contributed by atoms with Gasteiger partial charge in [0.15, 0.2) is 0 Å². The normalized spacial score (nSPS) is 17.4. The number of rotatable bonds is 5. The Kier molecular flexibility index (Phi) is 6.12. The van der Waals surface area contributed by atoms with Crippen molar-refractivity contribution in [3.8, 4) is 11.3 Å². The molecule has 3 aromatic rings. The minimum atomic E-state index is -0.0356. The van der Waals surface area contributed by atoms with E-state index in [4.69, 9.17) is 4.74 Å². The summed E-state index contributed by atoms with van der Waals surface area (Å²) in [4.78, 5) is 22.1. The number of carbonyl (C=O) groups excluding carboxylic acids is 1. The molecule has 2 aromatic heterocycles. The highest BCUT2D eigenvalue weighted by molar-refractivity contribution is 5.92. The molecule has 1 aliphatic heterocycles. The van der Waals surface area contributed by atoms with Crippen LogP contribution in [0.3, 0.4) is 0 Å². The summed E-state index contributed by atoms with van der Waals surface area (Å²) >= 11 is 0. The van der Waals surface area contributed by atoms with Crippen LogP contribution in [-0.4, -0.2) is 54.1 Å². The van der Waals surface area contributed by atoms with Crippen molar-refractivity contribution in [2.24, 2.45) is 0 Å². The van der Waals surface area contributed by atoms with E-state index in [0.29, 0.717) is 19.1 Å². The third-order valence-electron chi connectivity index (χ3n) is 5.98. The summed E-state index contributed by atoms with van der Waals surface area (Å²) < 4.78 is 6.09. The first-order chi connectivity index (χ1) is 14.9. The summed E-state index contributed by atoms with van der Waals surface area (Å²) in [5.41, 5.74) is 8.00. The maximum Gasteiger partial charge on any atom is 0.233 e. The minimum absolute atomic E-state index is 0.0356. The average molecular weight is 421 g/mol. The molecule has 0 spiro atoms. The van der Waals surface area contributed by atoms with Crippen molar-refractivity contribution in [1.29, 1.82) is 0 Å². The van der Waals surface area contributed by atoms with E-state index in [1.54, 1.807) is 7.05 Å². The first-order valence-electron chi connectivity index (χ1n) is 11.0. The van der Waals surface area contributed by atoms with E-state index in [2.05, 4.69) is 64.4 Å². The summed E-state index contributed by atoms with van der Waals surface area (Å²) in [6, 6.07) is 10.8. The van der Waals surface area contributed by atoms with E-state index >= 15 is 0 Å². The monoisotopic (exact) mass is 420 g/mol. The number of nitrogens with zero attached hydrogens (tertiary/aromatic N) is 2. The molecule has 6 heteroatoms. The highest BCUT2D eigenvalue weighted by atomic mass is 16.5. The van der Waals surface area contributed by atoms with E-state index in [1.165, 1.54) is 22.2 Å². The molecule has 0 radical (unpaired) electrons. The number of likely N-dealkylation sites (N-methyl/N-ethyl adjacent to an activating group) is 1. The number of hydrogen-bond acceptors (Lipinski definition) is 4. The van der Waals surface area contributed by atoms with Gasteiger partial charge in [0.25, 0.3) is 0 Å². The second-order valence-electron chi connectivity index (χ2n) is 8.78. The van der Waals surface area contributed by atoms with Crippen LogP contribution in [0.15, 0.2) is 30.3 Å². The van der Waals surface area contributed by atoms with Gasteiger partial charge in [0, 0.05) is 48.0 Å². The number of pyridine rings is 1. The van der Waals surface area contributed by atoms with Gasteiger partial charge in [-0.15, -0.1) is 0 Å². The van der Waals surface area contributed by atoms with Crippen molar-refractivity contribution < 1.29 is 9.53 Å². The molecule has 0 aliphatic carbocycles. The molecule has 4 rings (SSSR count). The quantitative estimate of drug-likeness (QED) is 0.652. The molecule has 0 bridgehead atoms. The smallest absolute Gasteiger partial charge is 0.233 e. The number of carbonyl (C=O) groups is 1. The van der Waals surface area contributed by atoms with Gasteiger partial charge in [-0.05, 0) is 55.2 Å². The van der Waals surface area contributed by atoms with Gasteiger partial charge in [0.05, 0.1) is 24.9 Å². The van der Waals surface area contributed by atoms with E-state index in [0.717, 1.165) is 35.6 Å². The van der Waals surface area contributed by atoms with Crippen LogP contribution < -0.4 is 5.32 Å². The Morgan fingerprint density at radius 3 is 2.68 bits per heavy atom. The predicted molar refractivity (Wildman–Crippen MR) is 124 cm³/mol. The average Bonchev–Trinajstić information content (AvgIpc) is 3.12. The Morgan fingerprint density at radius 2 is 2.00 bits per heavy atom. The van der Waals surface area contributed by atoms with Crippen LogP contribution in [0.25, 0.3) is 22.2 Å². The molecule has 164 valence electrons. The zero-order chi connectivity index (χ0) is 22.1. The third-order valence-corrected chi connectivity index (χ3v) is 5.98. The van der Waals surface area contributed by atoms with Crippen LogP contribution in [0, 0.1) is 13.8 Å². The van der Waals surface area contributed by atoms with Gasteiger partial charge < -0.3 is 15.0 Å². The summed E-state index contributed by atoms with van der Waals surface area (Å²) in [6.07, 6.45) is -0.0356. The standard InChI is InChI=1S/C25H32N4O2/c1-15(2)24-20-12-18(22-13-29(8-9-31-22)14-23(30)26-5)6-7-21(20)28-25(24)19-10-16(3)27-17(4)11-19/h6-7,10-12,15,22,28H,8-9,13-14H2,1-5H3,(H,26,30). The zero-order valence-corrected chi connectivity index (χ0v) is 19.1. The molecular weight excluding hydrogens is 388 g/mol. The largest absolute Gasteiger partial charge is 0.371 e. The third kappa shape index (κ3) is 4.50. The fourth-order valence-electron chi connectivity index (χ4n) is 4.57. The second-order valence-corrected chi connectivity index (χ2v) is 8.78. The summed E-state index contributed by atoms with van der Waals surface area (Å²) in [6.45, 7) is 11.1. The Hall–Kier alpha value is -2.70. The molecule has 0 saturated carbocycles. The molecule has 1 aliphatic rings. The molecule has 1 unspecified atom stereocenters. The molecule has 6 nitrogen and oxygen atoms in total. The Labute approximate surface area is 184 Å². The molecular formula is C25H32N4O2. The minimum Gasteiger partial charge on any atom is -0.371 e. The van der Waals surface area contributed by atoms with Gasteiger partial charge in [-0.25, -0.2) is 0 Å². The highest BCUT2D eigenvalue weighted by Gasteiger charge is 2.25. The van der Waals surface area contributed by atoms with Gasteiger partial charge in [-0.3, -0.25) is 14.7 Å². The van der Waals surface area contributed by atoms with Crippen molar-refractivity contribution in [2.75, 3.05) is 33.3 Å². The topological polar surface area (TPSA) is 70.2 Å². The predicted octanol–water partition coefficient (Wildman–Crippen LogP) is 4.09. The number of amides is 1. The maximum atomic E-state index is 11.8. The Balaban J connectivity index is 1.72. The molecule has 2 N–H and O–H groups in total. The first kappa shape index (κ1) is 21.5. The first-order valence-corrected chi connectivity index (χ1v) is 11.0. The molecule has 31 heavy (non-hydrogen) atoms. The fraction of sp³-hybridized carbons (Fsp3) is 0.440. The molecule has 1 saturated heterocycles. The molecule has 3 heterocycles.